The van der Waals surface area contributed by atoms with Gasteiger partial charge in [0.05, 0.1) is 13.3 Å². The van der Waals surface area contributed by atoms with Gasteiger partial charge < -0.3 is 9.64 Å². The highest BCUT2D eigenvalue weighted by atomic mass is 32.2. The minimum atomic E-state index is -0.542. The van der Waals surface area contributed by atoms with Gasteiger partial charge in [-0.3, -0.25) is 14.3 Å². The maximum atomic E-state index is 11.5. The molecule has 0 radical (unpaired) electrons. The van der Waals surface area contributed by atoms with Gasteiger partial charge in [-0.05, 0) is 30.2 Å². The number of carbonyl (C=O) groups excluding carboxylic acids is 1. The molecular weight excluding hydrogens is 446 g/mol. The number of nitrogens with one attached hydrogen (secondary N) is 1. The Labute approximate surface area is 191 Å². The van der Waals surface area contributed by atoms with Gasteiger partial charge in [-0.15, -0.1) is 0 Å². The number of rotatable bonds is 8. The van der Waals surface area contributed by atoms with Crippen LogP contribution in [-0.4, -0.2) is 61.5 Å². The van der Waals surface area contributed by atoms with Gasteiger partial charge in [-0.2, -0.15) is 18.6 Å². The van der Waals surface area contributed by atoms with Crippen LogP contribution in [0.5, 0.6) is 5.75 Å². The number of aromatic nitrogens is 1. The number of piperazine rings is 1. The molecule has 1 amide bonds. The van der Waals surface area contributed by atoms with Crippen molar-refractivity contribution in [2.24, 2.45) is 0 Å². The van der Waals surface area contributed by atoms with Crippen molar-refractivity contribution in [3.05, 3.63) is 34.8 Å². The van der Waals surface area contributed by atoms with Gasteiger partial charge in [0.25, 0.3) is 5.91 Å². The molecule has 1 aromatic heterocycles. The Hall–Kier alpha value is -1.70. The highest BCUT2D eigenvalue weighted by Crippen LogP contribution is 2.29. The molecule has 0 bridgehead atoms. The van der Waals surface area contributed by atoms with Gasteiger partial charge in [0.2, 0.25) is 0 Å². The van der Waals surface area contributed by atoms with Crippen LogP contribution in [0, 0.1) is 0 Å². The van der Waals surface area contributed by atoms with E-state index >= 15 is 0 Å². The van der Waals surface area contributed by atoms with Crippen molar-refractivity contribution in [3.63, 3.8) is 0 Å². The molecule has 2 N–H and O–H groups in total. The van der Waals surface area contributed by atoms with E-state index in [9.17, 15) is 4.79 Å². The summed E-state index contributed by atoms with van der Waals surface area (Å²) >= 11 is 2.54. The Morgan fingerprint density at radius 1 is 1.37 bits per heavy atom. The van der Waals surface area contributed by atoms with Crippen molar-refractivity contribution in [1.29, 1.82) is 0 Å². The summed E-state index contributed by atoms with van der Waals surface area (Å²) < 4.78 is 13.2. The maximum absolute atomic E-state index is 11.5. The summed E-state index contributed by atoms with van der Waals surface area (Å²) in [7, 11) is 3.65. The fourth-order valence-electron chi connectivity index (χ4n) is 2.90. The summed E-state index contributed by atoms with van der Waals surface area (Å²) in [6.45, 7) is 5.00. The average molecular weight is 474 g/mol. The third-order valence-corrected chi connectivity index (χ3v) is 6.36. The van der Waals surface area contributed by atoms with Crippen molar-refractivity contribution in [2.45, 2.75) is 13.3 Å². The van der Waals surface area contributed by atoms with Crippen LogP contribution in [0.2, 0.25) is 0 Å². The zero-order chi connectivity index (χ0) is 20.8. The van der Waals surface area contributed by atoms with Crippen molar-refractivity contribution in [3.8, 4) is 5.75 Å². The van der Waals surface area contributed by atoms with Crippen LogP contribution in [-0.2, 0) is 10.7 Å². The number of aryl methyl sites for hydroxylation is 1. The number of hydrogen-bond donors (Lipinski definition) is 2. The van der Waals surface area contributed by atoms with E-state index in [4.69, 9.17) is 14.2 Å². The molecule has 12 heteroatoms. The Kier molecular flexibility index (Phi) is 9.52. The van der Waals surface area contributed by atoms with Crippen molar-refractivity contribution < 1.29 is 19.0 Å². The predicted molar refractivity (Wildman–Crippen MR) is 125 cm³/mol. The Balaban J connectivity index is 0.00000320. The number of benzene rings is 1. The molecule has 0 saturated carbocycles. The maximum Gasteiger partial charge on any atom is 0.286 e. The predicted octanol–water partition coefficient (Wildman–Crippen LogP) is 2.70. The minimum absolute atomic E-state index is 0. The topological polar surface area (TPSA) is 90.4 Å². The quantitative estimate of drug-likeness (QED) is 0.260. The molecule has 2 heterocycles. The van der Waals surface area contributed by atoms with E-state index in [1.165, 1.54) is 29.8 Å². The zero-order valence-electron chi connectivity index (χ0n) is 17.1. The molecule has 0 unspecified atom stereocenters. The average Bonchev–Trinajstić information content (AvgIpc) is 3.27. The second kappa shape index (κ2) is 11.6. The number of nitrogens with zero attached hydrogens (tertiary/aromatic N) is 4. The molecule has 1 fully saturated rings. The SMILES string of the molecule is CCc1cc(N(C)SON2CCN(c3ncc(C(=O)NO)s3)CC2)ccc1OC.S. The number of methoxy groups -OCH3 is 1. The van der Waals surface area contributed by atoms with Gasteiger partial charge in [-0.1, -0.05) is 18.3 Å². The summed E-state index contributed by atoms with van der Waals surface area (Å²) in [5, 5.41) is 11.4. The lowest BCUT2D eigenvalue weighted by Crippen LogP contribution is -2.45. The lowest BCUT2D eigenvalue weighted by molar-refractivity contribution is -0.0414. The fraction of sp³-hybridized carbons (Fsp3) is 0.444. The van der Waals surface area contributed by atoms with Crippen molar-refractivity contribution in [2.75, 3.05) is 49.5 Å². The molecule has 1 aliphatic rings. The molecule has 9 nitrogen and oxygen atoms in total. The lowest BCUT2D eigenvalue weighted by Gasteiger charge is -2.33. The van der Waals surface area contributed by atoms with E-state index < -0.39 is 5.91 Å². The highest BCUT2D eigenvalue weighted by molar-refractivity contribution is 7.96. The number of ether oxygens (including phenoxy) is 1. The molecular formula is C18H27N5O4S3. The van der Waals surface area contributed by atoms with Crippen LogP contribution in [0.15, 0.2) is 24.4 Å². The molecule has 2 aromatic rings. The van der Waals surface area contributed by atoms with Gasteiger partial charge in [0.15, 0.2) is 5.13 Å². The first-order valence-electron chi connectivity index (χ1n) is 9.21. The first-order chi connectivity index (χ1) is 14.0. The summed E-state index contributed by atoms with van der Waals surface area (Å²) in [5.74, 6) is 0.355. The monoisotopic (exact) mass is 473 g/mol. The number of carbonyl (C=O) groups is 1. The number of amides is 1. The molecule has 0 atom stereocenters. The third kappa shape index (κ3) is 5.93. The zero-order valence-corrected chi connectivity index (χ0v) is 19.8. The molecule has 3 rings (SSSR count). The van der Waals surface area contributed by atoms with Crippen LogP contribution < -0.4 is 19.4 Å². The molecule has 0 spiro atoms. The van der Waals surface area contributed by atoms with E-state index in [1.54, 1.807) is 12.6 Å². The summed E-state index contributed by atoms with van der Waals surface area (Å²) in [5.41, 5.74) is 3.83. The number of anilines is 2. The van der Waals surface area contributed by atoms with Crippen LogP contribution in [0.25, 0.3) is 0 Å². The van der Waals surface area contributed by atoms with E-state index in [1.807, 2.05) is 28.5 Å². The Morgan fingerprint density at radius 3 is 2.73 bits per heavy atom. The van der Waals surface area contributed by atoms with Gasteiger partial charge in [0, 0.05) is 38.9 Å². The van der Waals surface area contributed by atoms with E-state index in [0.717, 1.165) is 41.6 Å². The van der Waals surface area contributed by atoms with Crippen LogP contribution >= 0.6 is 37.1 Å². The summed E-state index contributed by atoms with van der Waals surface area (Å²) in [4.78, 5) is 18.2. The number of hydroxylamine groups is 3. The van der Waals surface area contributed by atoms with Crippen molar-refractivity contribution in [1.82, 2.24) is 15.5 Å². The first-order valence-corrected chi connectivity index (χ1v) is 10.7. The fourth-order valence-corrected chi connectivity index (χ4v) is 4.30. The van der Waals surface area contributed by atoms with Gasteiger partial charge >= 0.3 is 0 Å². The van der Waals surface area contributed by atoms with Crippen LogP contribution in [0.4, 0.5) is 10.8 Å². The second-order valence-corrected chi connectivity index (χ2v) is 8.22. The molecule has 166 valence electrons. The van der Waals surface area contributed by atoms with E-state index in [-0.39, 0.29) is 13.5 Å². The normalized spacial score (nSPS) is 14.2. The summed E-state index contributed by atoms with van der Waals surface area (Å²) in [6, 6.07) is 6.09. The lowest BCUT2D eigenvalue weighted by atomic mass is 10.1. The molecule has 1 aromatic carbocycles. The number of thiazole rings is 1. The number of hydrogen-bond acceptors (Lipinski definition) is 10. The van der Waals surface area contributed by atoms with E-state index in [2.05, 4.69) is 22.9 Å². The largest absolute Gasteiger partial charge is 0.496 e. The molecule has 1 aliphatic heterocycles. The van der Waals surface area contributed by atoms with Gasteiger partial charge in [0.1, 0.15) is 22.9 Å². The van der Waals surface area contributed by atoms with E-state index in [0.29, 0.717) is 18.0 Å². The Bertz CT molecular complexity index is 830. The smallest absolute Gasteiger partial charge is 0.286 e. The molecule has 1 saturated heterocycles. The summed E-state index contributed by atoms with van der Waals surface area (Å²) in [6.07, 6.45) is 2.37. The standard InChI is InChI=1S/C18H25N5O4S2.H2S/c1-4-13-11-14(5-6-15(13)26-3)21(2)29-27-23-9-7-22(8-10-23)18-19-12-16(28-18)17(24)20-25;/h5-6,11-12,25H,4,7-10H2,1-3H3,(H,20,24);1H2. The van der Waals surface area contributed by atoms with Crippen molar-refractivity contribution >= 4 is 53.8 Å². The minimum Gasteiger partial charge on any atom is -0.496 e. The molecule has 0 aliphatic carbocycles. The highest BCUT2D eigenvalue weighted by Gasteiger charge is 2.22. The van der Waals surface area contributed by atoms with Crippen LogP contribution in [0.1, 0.15) is 22.2 Å². The third-order valence-electron chi connectivity index (χ3n) is 4.59. The van der Waals surface area contributed by atoms with Gasteiger partial charge in [-0.25, -0.2) is 14.7 Å². The second-order valence-electron chi connectivity index (χ2n) is 6.36. The first kappa shape index (κ1) is 24.6. The Morgan fingerprint density at radius 2 is 2.10 bits per heavy atom. The van der Waals surface area contributed by atoms with Crippen LogP contribution in [0.3, 0.4) is 0 Å². The molecule has 30 heavy (non-hydrogen) atoms.